The van der Waals surface area contributed by atoms with Crippen molar-refractivity contribution < 1.29 is 19.5 Å². The third-order valence-electron chi connectivity index (χ3n) is 5.70. The van der Waals surface area contributed by atoms with E-state index in [2.05, 4.69) is 5.32 Å². The Balaban J connectivity index is 1.50. The highest BCUT2D eigenvalue weighted by Crippen LogP contribution is 2.28. The number of aromatic nitrogens is 1. The molecule has 0 unspecified atom stereocenters. The molecule has 2 heterocycles. The van der Waals surface area contributed by atoms with Gasteiger partial charge in [0.1, 0.15) is 6.04 Å². The molecule has 2 aromatic carbocycles. The zero-order valence-electron chi connectivity index (χ0n) is 17.2. The number of benzene rings is 2. The number of hydrogen-bond acceptors (Lipinski definition) is 4. The number of fused-ring (bicyclic) bond motifs is 1. The minimum atomic E-state index is -0.932. The number of Topliss-reactive ketones (excluding diaryl/α,β-unsaturated/α-hetero) is 1. The summed E-state index contributed by atoms with van der Waals surface area (Å²) in [7, 11) is 0. The number of para-hydroxylation sites is 1. The highest BCUT2D eigenvalue weighted by Gasteiger charge is 2.40. The number of likely N-dealkylation sites (tertiary alicyclic amines) is 1. The van der Waals surface area contributed by atoms with Crippen LogP contribution in [0.3, 0.4) is 0 Å². The van der Waals surface area contributed by atoms with Crippen molar-refractivity contribution in [3.8, 4) is 0 Å². The average molecular weight is 455 g/mol. The number of nitrogens with zero attached hydrogens (tertiary/aromatic N) is 2. The van der Waals surface area contributed by atoms with Crippen molar-refractivity contribution in [2.24, 2.45) is 5.73 Å². The van der Waals surface area contributed by atoms with E-state index in [-0.39, 0.29) is 18.7 Å². The molecule has 0 saturated carbocycles. The third kappa shape index (κ3) is 4.32. The summed E-state index contributed by atoms with van der Waals surface area (Å²) in [5.74, 6) is -0.218. The molecular weight excluding hydrogens is 432 g/mol. The van der Waals surface area contributed by atoms with Gasteiger partial charge in [0.25, 0.3) is 0 Å². The number of aliphatic hydroxyl groups excluding tert-OH is 1. The lowest BCUT2D eigenvalue weighted by atomic mass is 10.0. The van der Waals surface area contributed by atoms with Crippen LogP contribution in [0.25, 0.3) is 10.9 Å². The molecule has 1 aliphatic heterocycles. The highest BCUT2D eigenvalue weighted by molar-refractivity contribution is 6.30. The monoisotopic (exact) mass is 454 g/mol. The number of aliphatic hydroxyl groups is 1. The van der Waals surface area contributed by atoms with E-state index in [1.807, 2.05) is 12.1 Å². The number of urea groups is 1. The number of amides is 3. The van der Waals surface area contributed by atoms with Crippen molar-refractivity contribution in [2.75, 3.05) is 11.9 Å². The lowest BCUT2D eigenvalue weighted by Crippen LogP contribution is -2.47. The number of carbonyl (C=O) groups is 3. The van der Waals surface area contributed by atoms with Crippen molar-refractivity contribution in [3.63, 3.8) is 0 Å². The van der Waals surface area contributed by atoms with Gasteiger partial charge in [0.2, 0.25) is 0 Å². The summed E-state index contributed by atoms with van der Waals surface area (Å²) in [6, 6.07) is 12.1. The van der Waals surface area contributed by atoms with E-state index < -0.39 is 24.2 Å². The second-order valence-electron chi connectivity index (χ2n) is 7.79. The molecule has 0 bridgehead atoms. The number of primary amides is 1. The fraction of sp³-hybridized carbons (Fsp3) is 0.261. The van der Waals surface area contributed by atoms with Gasteiger partial charge in [-0.15, -0.1) is 0 Å². The van der Waals surface area contributed by atoms with Crippen LogP contribution in [0.2, 0.25) is 5.02 Å². The molecule has 166 valence electrons. The molecule has 8 nitrogen and oxygen atoms in total. The summed E-state index contributed by atoms with van der Waals surface area (Å²) in [6.07, 6.45) is 1.47. The molecule has 0 aliphatic carbocycles. The molecule has 3 amide bonds. The molecular formula is C23H23ClN4O4. The number of nitrogens with one attached hydrogen (secondary N) is 1. The maximum Gasteiger partial charge on any atom is 0.323 e. The van der Waals surface area contributed by atoms with E-state index in [0.29, 0.717) is 34.5 Å². The number of halogens is 1. The van der Waals surface area contributed by atoms with E-state index >= 15 is 0 Å². The number of aryl methyl sites for hydroxylation is 1. The van der Waals surface area contributed by atoms with Crippen LogP contribution in [0.15, 0.2) is 54.7 Å². The Labute approximate surface area is 189 Å². The molecule has 1 fully saturated rings. The number of rotatable bonds is 5. The minimum Gasteiger partial charge on any atom is -0.390 e. The maximum absolute atomic E-state index is 13.0. The van der Waals surface area contributed by atoms with Gasteiger partial charge < -0.3 is 21.1 Å². The number of nitrogens with two attached hydrogens (primary N) is 1. The van der Waals surface area contributed by atoms with E-state index in [9.17, 15) is 19.5 Å². The molecule has 1 aromatic heterocycles. The molecule has 2 atom stereocenters. The van der Waals surface area contributed by atoms with Crippen molar-refractivity contribution in [2.45, 2.75) is 31.4 Å². The lowest BCUT2D eigenvalue weighted by Gasteiger charge is -2.25. The van der Waals surface area contributed by atoms with E-state index in [1.54, 1.807) is 36.4 Å². The van der Waals surface area contributed by atoms with Gasteiger partial charge >= 0.3 is 12.1 Å². The van der Waals surface area contributed by atoms with Crippen LogP contribution < -0.4 is 11.1 Å². The van der Waals surface area contributed by atoms with Crippen molar-refractivity contribution >= 4 is 46.0 Å². The second kappa shape index (κ2) is 9.02. The Kier molecular flexibility index (Phi) is 6.16. The van der Waals surface area contributed by atoms with Crippen molar-refractivity contribution in [1.29, 1.82) is 0 Å². The molecule has 4 N–H and O–H groups in total. The van der Waals surface area contributed by atoms with Gasteiger partial charge in [0, 0.05) is 29.6 Å². The Morgan fingerprint density at radius 1 is 1.16 bits per heavy atom. The Hall–Kier alpha value is -3.36. The van der Waals surface area contributed by atoms with Crippen molar-refractivity contribution in [3.05, 3.63) is 65.3 Å². The van der Waals surface area contributed by atoms with Crippen LogP contribution in [-0.4, -0.2) is 51.1 Å². The first kappa shape index (κ1) is 21.9. The lowest BCUT2D eigenvalue weighted by molar-refractivity contribution is -0.124. The molecule has 1 saturated heterocycles. The van der Waals surface area contributed by atoms with E-state index in [0.717, 1.165) is 5.56 Å². The first-order valence-corrected chi connectivity index (χ1v) is 10.7. The molecule has 32 heavy (non-hydrogen) atoms. The number of ketones is 1. The van der Waals surface area contributed by atoms with Crippen LogP contribution in [0, 0.1) is 0 Å². The third-order valence-corrected chi connectivity index (χ3v) is 5.93. The molecule has 1 aliphatic rings. The first-order chi connectivity index (χ1) is 15.3. The summed E-state index contributed by atoms with van der Waals surface area (Å²) >= 11 is 6.00. The van der Waals surface area contributed by atoms with Crippen LogP contribution in [0.5, 0.6) is 0 Å². The summed E-state index contributed by atoms with van der Waals surface area (Å²) in [5.41, 5.74) is 7.30. The molecule has 4 rings (SSSR count). The summed E-state index contributed by atoms with van der Waals surface area (Å²) in [4.78, 5) is 39.0. The van der Waals surface area contributed by atoms with Gasteiger partial charge in [-0.25, -0.2) is 9.59 Å². The predicted molar refractivity (Wildman–Crippen MR) is 122 cm³/mol. The van der Waals surface area contributed by atoms with Gasteiger partial charge in [-0.1, -0.05) is 41.9 Å². The normalized spacial score (nSPS) is 18.1. The minimum absolute atomic E-state index is 0.173. The van der Waals surface area contributed by atoms with Gasteiger partial charge in [0.15, 0.2) is 5.78 Å². The van der Waals surface area contributed by atoms with Gasteiger partial charge in [0.05, 0.1) is 17.3 Å². The topological polar surface area (TPSA) is 118 Å². The smallest absolute Gasteiger partial charge is 0.323 e. The highest BCUT2D eigenvalue weighted by atomic mass is 35.5. The van der Waals surface area contributed by atoms with Crippen LogP contribution in [0.1, 0.15) is 18.4 Å². The number of hydrogen-bond donors (Lipinski definition) is 3. The van der Waals surface area contributed by atoms with Crippen LogP contribution in [-0.2, 0) is 11.2 Å². The largest absolute Gasteiger partial charge is 0.390 e. The van der Waals surface area contributed by atoms with E-state index in [4.69, 9.17) is 17.3 Å². The molecule has 9 heteroatoms. The molecule has 0 spiro atoms. The zero-order chi connectivity index (χ0) is 22.8. The summed E-state index contributed by atoms with van der Waals surface area (Å²) in [6.45, 7) is 0.245. The van der Waals surface area contributed by atoms with Gasteiger partial charge in [-0.2, -0.15) is 0 Å². The zero-order valence-corrected chi connectivity index (χ0v) is 18.0. The Bertz CT molecular complexity index is 1190. The SMILES string of the molecule is NC(=O)n1cc(NC(=O)N2CC[C@H](O)[C@H]2C(=O)CCc2cccc(Cl)c2)c2ccccc21. The molecule has 0 radical (unpaired) electrons. The standard InChI is InChI=1S/C23H23ClN4O4/c24-15-5-3-4-14(12-15)8-9-19(29)21-20(30)10-11-27(21)23(32)26-17-13-28(22(25)31)18-7-2-1-6-16(17)18/h1-7,12-13,20-21,30H,8-11H2,(H2,25,31)(H,26,32)/t20-,21+/m0/s1. The second-order valence-corrected chi connectivity index (χ2v) is 8.23. The summed E-state index contributed by atoms with van der Waals surface area (Å²) < 4.78 is 1.25. The number of anilines is 1. The van der Waals surface area contributed by atoms with Crippen LogP contribution in [0.4, 0.5) is 15.3 Å². The average Bonchev–Trinajstić information content (AvgIpc) is 3.33. The van der Waals surface area contributed by atoms with Gasteiger partial charge in [-0.05, 0) is 36.6 Å². The predicted octanol–water partition coefficient (Wildman–Crippen LogP) is 3.39. The fourth-order valence-corrected chi connectivity index (χ4v) is 4.36. The van der Waals surface area contributed by atoms with Crippen molar-refractivity contribution in [1.82, 2.24) is 9.47 Å². The van der Waals surface area contributed by atoms with Gasteiger partial charge in [-0.3, -0.25) is 9.36 Å². The fourth-order valence-electron chi connectivity index (χ4n) is 4.15. The number of carbonyl (C=O) groups excluding carboxylic acids is 3. The first-order valence-electron chi connectivity index (χ1n) is 10.3. The quantitative estimate of drug-likeness (QED) is 0.547. The van der Waals surface area contributed by atoms with E-state index in [1.165, 1.54) is 15.7 Å². The molecule has 3 aromatic rings. The Morgan fingerprint density at radius 2 is 1.94 bits per heavy atom. The summed E-state index contributed by atoms with van der Waals surface area (Å²) in [5, 5.41) is 14.4. The van der Waals surface area contributed by atoms with Crippen LogP contribution >= 0.6 is 11.6 Å². The Morgan fingerprint density at radius 3 is 2.69 bits per heavy atom. The maximum atomic E-state index is 13.0.